The molecule has 1 aromatic heterocycles. The lowest BCUT2D eigenvalue weighted by Gasteiger charge is -2.23. The van der Waals surface area contributed by atoms with Gasteiger partial charge in [0.15, 0.2) is 10.2 Å². The first-order valence-corrected chi connectivity index (χ1v) is 11.7. The Morgan fingerprint density at radius 1 is 1.45 bits per heavy atom. The van der Waals surface area contributed by atoms with Crippen LogP contribution >= 0.6 is 23.1 Å². The quantitative estimate of drug-likeness (QED) is 0.197. The first kappa shape index (κ1) is 25.9. The number of rotatable bonds is 12. The number of allylic oxidation sites excluding steroid dienone is 2. The van der Waals surface area contributed by atoms with Crippen LogP contribution in [0.25, 0.3) is 0 Å². The van der Waals surface area contributed by atoms with Gasteiger partial charge in [-0.15, -0.1) is 11.3 Å². The summed E-state index contributed by atoms with van der Waals surface area (Å²) in [5, 5.41) is 31.7. The zero-order chi connectivity index (χ0) is 23.0. The van der Waals surface area contributed by atoms with Crippen LogP contribution in [0.4, 0.5) is 13.2 Å². The second-order valence-corrected chi connectivity index (χ2v) is 9.97. The second-order valence-electron chi connectivity index (χ2n) is 7.77. The van der Waals surface area contributed by atoms with Gasteiger partial charge in [-0.1, -0.05) is 23.9 Å². The third kappa shape index (κ3) is 8.23. The summed E-state index contributed by atoms with van der Waals surface area (Å²) in [6, 6.07) is 0. The van der Waals surface area contributed by atoms with Gasteiger partial charge in [-0.25, -0.2) is 14.3 Å². The predicted molar refractivity (Wildman–Crippen MR) is 109 cm³/mol. The van der Waals surface area contributed by atoms with Crippen molar-refractivity contribution >= 4 is 29.1 Å². The van der Waals surface area contributed by atoms with Crippen LogP contribution < -0.4 is 5.11 Å². The molecule has 0 radical (unpaired) electrons. The van der Waals surface area contributed by atoms with Gasteiger partial charge in [0.2, 0.25) is 0 Å². The molecule has 6 nitrogen and oxygen atoms in total. The van der Waals surface area contributed by atoms with Crippen LogP contribution in [-0.4, -0.2) is 38.8 Å². The van der Waals surface area contributed by atoms with Gasteiger partial charge in [0.25, 0.3) is 0 Å². The van der Waals surface area contributed by atoms with E-state index in [1.165, 1.54) is 35.4 Å². The lowest BCUT2D eigenvalue weighted by molar-refractivity contribution is -0.286. The number of hydrogen-bond acceptors (Lipinski definition) is 8. The molecule has 11 heteroatoms. The fourth-order valence-electron chi connectivity index (χ4n) is 3.60. The SMILES string of the molecule is C[C@@](O)(C/C=C/[C@H]1CCC(OO)[C@@H]1CCSc1nc(C(=O)[O-])cs1)CCC(F)=C(F)F. The number of thioether (sulfide) groups is 1. The maximum atomic E-state index is 13.0. The van der Waals surface area contributed by atoms with Crippen molar-refractivity contribution in [2.45, 2.75) is 61.5 Å². The van der Waals surface area contributed by atoms with E-state index >= 15 is 0 Å². The minimum absolute atomic E-state index is 0.0142. The van der Waals surface area contributed by atoms with Crippen LogP contribution in [0.1, 0.15) is 55.9 Å². The van der Waals surface area contributed by atoms with Crippen LogP contribution in [0, 0.1) is 11.8 Å². The molecule has 174 valence electrons. The molecular weight excluding hydrogens is 455 g/mol. The summed E-state index contributed by atoms with van der Waals surface area (Å²) in [5.41, 5.74) is -1.41. The van der Waals surface area contributed by atoms with E-state index < -0.39 is 29.9 Å². The number of aromatic nitrogens is 1. The van der Waals surface area contributed by atoms with Crippen LogP contribution in [-0.2, 0) is 4.89 Å². The van der Waals surface area contributed by atoms with Crippen molar-refractivity contribution in [2.24, 2.45) is 11.8 Å². The number of carbonyl (C=O) groups is 1. The highest BCUT2D eigenvalue weighted by Crippen LogP contribution is 2.39. The zero-order valence-electron chi connectivity index (χ0n) is 16.9. The summed E-state index contributed by atoms with van der Waals surface area (Å²) >= 11 is 2.64. The molecule has 1 heterocycles. The van der Waals surface area contributed by atoms with Crippen molar-refractivity contribution in [3.8, 4) is 0 Å². The highest BCUT2D eigenvalue weighted by molar-refractivity contribution is 8.01. The number of thiazole rings is 1. The number of nitrogens with zero attached hydrogens (tertiary/aromatic N) is 1. The molecule has 1 aliphatic carbocycles. The van der Waals surface area contributed by atoms with E-state index in [0.29, 0.717) is 22.9 Å². The molecule has 1 aromatic rings. The molecule has 1 fully saturated rings. The monoisotopic (exact) mass is 480 g/mol. The zero-order valence-corrected chi connectivity index (χ0v) is 18.6. The molecule has 0 amide bonds. The van der Waals surface area contributed by atoms with Crippen LogP contribution in [0.2, 0.25) is 0 Å². The highest BCUT2D eigenvalue weighted by atomic mass is 32.2. The summed E-state index contributed by atoms with van der Waals surface area (Å²) < 4.78 is 37.9. The topological polar surface area (TPSA) is 103 Å². The number of carboxylic acid groups (broad SMARTS) is 1. The van der Waals surface area contributed by atoms with Crippen LogP contribution in [0.15, 0.2) is 33.8 Å². The summed E-state index contributed by atoms with van der Waals surface area (Å²) in [6.45, 7) is 1.47. The molecule has 0 saturated heterocycles. The fraction of sp³-hybridized carbons (Fsp3) is 0.600. The molecule has 2 N–H and O–H groups in total. The first-order valence-electron chi connectivity index (χ1n) is 9.81. The molecule has 1 saturated carbocycles. The number of aromatic carboxylic acids is 1. The standard InChI is InChI=1S/C20H26F3NO5S2/c1-20(27,9-6-14(21)17(22)23)8-2-3-12-4-5-16(29-28)13(12)7-10-30-19-24-15(11-31-19)18(25)26/h2-3,11-13,16,27-28H,4-10H2,1H3,(H,25,26)/p-1/b3-2+/t12-,13+,16?,20+/m0/s1. The maximum Gasteiger partial charge on any atom is 0.301 e. The van der Waals surface area contributed by atoms with Crippen molar-refractivity contribution in [1.29, 1.82) is 0 Å². The average Bonchev–Trinajstić information content (AvgIpc) is 3.33. The normalized spacial score (nSPS) is 23.2. The number of aliphatic hydroxyl groups is 1. The van der Waals surface area contributed by atoms with Crippen LogP contribution in [0.3, 0.4) is 0 Å². The van der Waals surface area contributed by atoms with Crippen molar-refractivity contribution in [2.75, 3.05) is 5.75 Å². The van der Waals surface area contributed by atoms with Crippen LogP contribution in [0.5, 0.6) is 0 Å². The summed E-state index contributed by atoms with van der Waals surface area (Å²) in [5.74, 6) is -2.08. The third-order valence-electron chi connectivity index (χ3n) is 5.35. The van der Waals surface area contributed by atoms with E-state index in [1.54, 1.807) is 6.08 Å². The molecule has 0 aliphatic heterocycles. The number of hydrogen-bond donors (Lipinski definition) is 2. The Labute approximate surface area is 186 Å². The Morgan fingerprint density at radius 3 is 2.81 bits per heavy atom. The molecular formula is C20H25F3NO5S2-. The van der Waals surface area contributed by atoms with Crippen molar-refractivity contribution in [3.05, 3.63) is 35.1 Å². The summed E-state index contributed by atoms with van der Waals surface area (Å²) in [4.78, 5) is 19.4. The minimum Gasteiger partial charge on any atom is -0.543 e. The lowest BCUT2D eigenvalue weighted by Crippen LogP contribution is -2.23. The smallest absolute Gasteiger partial charge is 0.301 e. The molecule has 2 rings (SSSR count). The molecule has 31 heavy (non-hydrogen) atoms. The lowest BCUT2D eigenvalue weighted by atomic mass is 9.90. The van der Waals surface area contributed by atoms with E-state index in [-0.39, 0.29) is 36.5 Å². The Morgan fingerprint density at radius 2 is 2.19 bits per heavy atom. The summed E-state index contributed by atoms with van der Waals surface area (Å²) in [7, 11) is 0. The molecule has 0 bridgehead atoms. The Bertz CT molecular complexity index is 796. The van der Waals surface area contributed by atoms with Gasteiger partial charge in [-0.2, -0.15) is 8.78 Å². The summed E-state index contributed by atoms with van der Waals surface area (Å²) in [6.07, 6.45) is 2.63. The largest absolute Gasteiger partial charge is 0.543 e. The Balaban J connectivity index is 1.87. The van der Waals surface area contributed by atoms with E-state index in [9.17, 15) is 33.4 Å². The maximum absolute atomic E-state index is 13.0. The molecule has 0 aromatic carbocycles. The highest BCUT2D eigenvalue weighted by Gasteiger charge is 2.35. The van der Waals surface area contributed by atoms with Gasteiger partial charge in [-0.3, -0.25) is 5.26 Å². The molecule has 0 spiro atoms. The van der Waals surface area contributed by atoms with Gasteiger partial charge >= 0.3 is 6.08 Å². The molecule has 1 aliphatic rings. The Hall–Kier alpha value is -1.40. The van der Waals surface area contributed by atoms with Gasteiger partial charge < -0.3 is 15.0 Å². The van der Waals surface area contributed by atoms with Crippen molar-refractivity contribution in [3.63, 3.8) is 0 Å². The Kier molecular flexibility index (Phi) is 10.0. The van der Waals surface area contributed by atoms with E-state index in [1.807, 2.05) is 6.08 Å². The molecule has 1 unspecified atom stereocenters. The van der Waals surface area contributed by atoms with Gasteiger partial charge in [0.1, 0.15) is 0 Å². The van der Waals surface area contributed by atoms with E-state index in [0.717, 1.165) is 6.42 Å². The number of carbonyl (C=O) groups excluding carboxylic acids is 1. The fourth-order valence-corrected chi connectivity index (χ4v) is 5.51. The third-order valence-corrected chi connectivity index (χ3v) is 7.40. The van der Waals surface area contributed by atoms with Crippen molar-refractivity contribution in [1.82, 2.24) is 4.98 Å². The van der Waals surface area contributed by atoms with Crippen molar-refractivity contribution < 1.29 is 38.3 Å². The first-order chi connectivity index (χ1) is 14.6. The second kappa shape index (κ2) is 12.0. The van der Waals surface area contributed by atoms with Gasteiger partial charge in [-0.05, 0) is 50.9 Å². The number of carboxylic acids is 1. The van der Waals surface area contributed by atoms with E-state index in [2.05, 4.69) is 9.87 Å². The average molecular weight is 481 g/mol. The minimum atomic E-state index is -2.36. The molecule has 4 atom stereocenters. The van der Waals surface area contributed by atoms with Gasteiger partial charge in [0, 0.05) is 17.6 Å². The predicted octanol–water partition coefficient (Wildman–Crippen LogP) is 4.43. The number of halogens is 3. The van der Waals surface area contributed by atoms with E-state index in [4.69, 9.17) is 0 Å². The van der Waals surface area contributed by atoms with Gasteiger partial charge in [0.05, 0.1) is 23.4 Å².